The van der Waals surface area contributed by atoms with E-state index in [0.717, 1.165) is 11.1 Å². The zero-order valence-electron chi connectivity index (χ0n) is 10.1. The Morgan fingerprint density at radius 2 is 2.11 bits per heavy atom. The summed E-state index contributed by atoms with van der Waals surface area (Å²) in [4.78, 5) is 14.7. The number of aromatic nitrogens is 3. The smallest absolute Gasteiger partial charge is 0.270 e. The normalized spacial score (nSPS) is 10.8. The topological polar surface area (TPSA) is 84.7 Å². The Morgan fingerprint density at radius 3 is 2.79 bits per heavy atom. The van der Waals surface area contributed by atoms with Gasteiger partial charge < -0.3 is 0 Å². The van der Waals surface area contributed by atoms with Crippen LogP contribution in [0.25, 0.3) is 22.3 Å². The van der Waals surface area contributed by atoms with E-state index in [-0.39, 0.29) is 5.69 Å². The Morgan fingerprint density at radius 1 is 1.26 bits per heavy atom. The lowest BCUT2D eigenvalue weighted by atomic mass is 10.1. The molecule has 94 valence electrons. The second-order valence-electron chi connectivity index (χ2n) is 4.28. The summed E-state index contributed by atoms with van der Waals surface area (Å²) in [7, 11) is 0. The van der Waals surface area contributed by atoms with Gasteiger partial charge in [0.2, 0.25) is 0 Å². The van der Waals surface area contributed by atoms with Crippen molar-refractivity contribution in [3.63, 3.8) is 0 Å². The number of nitrogens with one attached hydrogen (secondary N) is 1. The Kier molecular flexibility index (Phi) is 2.49. The molecule has 0 atom stereocenters. The number of hydrogen-bond acceptors (Lipinski definition) is 4. The number of nitrogens with zero attached hydrogens (tertiary/aromatic N) is 3. The van der Waals surface area contributed by atoms with E-state index in [1.807, 2.05) is 19.1 Å². The molecule has 6 nitrogen and oxygen atoms in total. The third kappa shape index (κ3) is 1.93. The molecule has 0 aliphatic heterocycles. The molecule has 0 saturated heterocycles. The number of pyridine rings is 1. The summed E-state index contributed by atoms with van der Waals surface area (Å²) >= 11 is 0. The molecule has 0 fully saturated rings. The number of non-ortho nitro benzene ring substituents is 1. The fraction of sp³-hybridized carbons (Fsp3) is 0.0769. The average molecular weight is 254 g/mol. The van der Waals surface area contributed by atoms with Gasteiger partial charge in [-0.05, 0) is 24.6 Å². The molecular weight excluding hydrogens is 244 g/mol. The maximum atomic E-state index is 10.8. The monoisotopic (exact) mass is 254 g/mol. The first-order valence-electron chi connectivity index (χ1n) is 5.71. The summed E-state index contributed by atoms with van der Waals surface area (Å²) in [6, 6.07) is 8.39. The Bertz CT molecular complexity index is 762. The lowest BCUT2D eigenvalue weighted by Crippen LogP contribution is -1.88. The highest BCUT2D eigenvalue weighted by atomic mass is 16.6. The summed E-state index contributed by atoms with van der Waals surface area (Å²) in [5.74, 6) is 0. The maximum absolute atomic E-state index is 10.8. The first-order valence-corrected chi connectivity index (χ1v) is 5.71. The van der Waals surface area contributed by atoms with Gasteiger partial charge in [-0.15, -0.1) is 0 Å². The van der Waals surface area contributed by atoms with E-state index in [1.165, 1.54) is 12.1 Å². The molecule has 1 aromatic carbocycles. The Balaban J connectivity index is 2.21. The molecule has 3 aromatic rings. The highest BCUT2D eigenvalue weighted by Crippen LogP contribution is 2.27. The molecule has 0 aliphatic rings. The number of nitro benzene ring substituents is 1. The fourth-order valence-electron chi connectivity index (χ4n) is 1.92. The number of fused-ring (bicyclic) bond motifs is 1. The standard InChI is InChI=1S/C13H10N4O2/c1-8-2-4-12(14-7-8)13-10-6-9(17(18)19)3-5-11(10)15-16-13/h2-7H,1H3,(H,15,16). The van der Waals surface area contributed by atoms with Gasteiger partial charge in [0.15, 0.2) is 0 Å². The minimum atomic E-state index is -0.418. The van der Waals surface area contributed by atoms with E-state index in [4.69, 9.17) is 0 Å². The van der Waals surface area contributed by atoms with Gasteiger partial charge in [-0.25, -0.2) is 0 Å². The second kappa shape index (κ2) is 4.16. The Labute approximate surface area is 108 Å². The van der Waals surface area contributed by atoms with Crippen molar-refractivity contribution in [3.05, 3.63) is 52.2 Å². The summed E-state index contributed by atoms with van der Waals surface area (Å²) in [6.45, 7) is 1.95. The van der Waals surface area contributed by atoms with Gasteiger partial charge in [-0.3, -0.25) is 20.2 Å². The number of aromatic amines is 1. The van der Waals surface area contributed by atoms with Crippen LogP contribution in [0.3, 0.4) is 0 Å². The molecule has 0 radical (unpaired) electrons. The molecule has 0 spiro atoms. The van der Waals surface area contributed by atoms with Crippen LogP contribution in [0.4, 0.5) is 5.69 Å². The molecule has 2 aromatic heterocycles. The van der Waals surface area contributed by atoms with Crippen LogP contribution >= 0.6 is 0 Å². The summed E-state index contributed by atoms with van der Waals surface area (Å²) < 4.78 is 0. The van der Waals surface area contributed by atoms with Crippen molar-refractivity contribution < 1.29 is 4.92 Å². The third-order valence-corrected chi connectivity index (χ3v) is 2.91. The first kappa shape index (κ1) is 11.3. The van der Waals surface area contributed by atoms with E-state index >= 15 is 0 Å². The van der Waals surface area contributed by atoms with E-state index in [0.29, 0.717) is 16.8 Å². The molecule has 0 amide bonds. The van der Waals surface area contributed by atoms with E-state index < -0.39 is 4.92 Å². The van der Waals surface area contributed by atoms with Gasteiger partial charge in [0.05, 0.1) is 16.1 Å². The van der Waals surface area contributed by atoms with Crippen molar-refractivity contribution in [2.45, 2.75) is 6.92 Å². The maximum Gasteiger partial charge on any atom is 0.270 e. The highest BCUT2D eigenvalue weighted by Gasteiger charge is 2.13. The molecule has 1 N–H and O–H groups in total. The summed E-state index contributed by atoms with van der Waals surface area (Å²) in [5.41, 5.74) is 3.16. The van der Waals surface area contributed by atoms with Crippen LogP contribution in [0.2, 0.25) is 0 Å². The molecular formula is C13H10N4O2. The fourth-order valence-corrected chi connectivity index (χ4v) is 1.92. The predicted octanol–water partition coefficient (Wildman–Crippen LogP) is 2.84. The van der Waals surface area contributed by atoms with E-state index in [9.17, 15) is 10.1 Å². The number of benzene rings is 1. The van der Waals surface area contributed by atoms with Crippen LogP contribution in [-0.4, -0.2) is 20.1 Å². The zero-order valence-corrected chi connectivity index (χ0v) is 10.1. The van der Waals surface area contributed by atoms with E-state index in [1.54, 1.807) is 12.3 Å². The van der Waals surface area contributed by atoms with E-state index in [2.05, 4.69) is 15.2 Å². The first-order chi connectivity index (χ1) is 9.15. The third-order valence-electron chi connectivity index (χ3n) is 2.91. The number of H-pyrrole nitrogens is 1. The highest BCUT2D eigenvalue weighted by molar-refractivity contribution is 5.93. The van der Waals surface area contributed by atoms with Crippen LogP contribution in [0.1, 0.15) is 5.56 Å². The molecule has 0 unspecified atom stereocenters. The molecule has 6 heteroatoms. The molecule has 19 heavy (non-hydrogen) atoms. The summed E-state index contributed by atoms with van der Waals surface area (Å²) in [6.07, 6.45) is 1.74. The largest absolute Gasteiger partial charge is 0.277 e. The lowest BCUT2D eigenvalue weighted by molar-refractivity contribution is -0.384. The number of hydrogen-bond donors (Lipinski definition) is 1. The molecule has 0 saturated carbocycles. The van der Waals surface area contributed by atoms with Crippen LogP contribution in [0, 0.1) is 17.0 Å². The van der Waals surface area contributed by atoms with Gasteiger partial charge >= 0.3 is 0 Å². The minimum absolute atomic E-state index is 0.0438. The quantitative estimate of drug-likeness (QED) is 0.563. The Hall–Kier alpha value is -2.76. The van der Waals surface area contributed by atoms with Crippen LogP contribution in [0.15, 0.2) is 36.5 Å². The SMILES string of the molecule is Cc1ccc(-c2n[nH]c3ccc([N+](=O)[O-])cc23)nc1. The predicted molar refractivity (Wildman–Crippen MR) is 70.7 cm³/mol. The molecule has 3 rings (SSSR count). The van der Waals surface area contributed by atoms with Crippen LogP contribution in [-0.2, 0) is 0 Å². The van der Waals surface area contributed by atoms with Gasteiger partial charge in [-0.2, -0.15) is 5.10 Å². The minimum Gasteiger partial charge on any atom is -0.277 e. The van der Waals surface area contributed by atoms with Crippen LogP contribution in [0.5, 0.6) is 0 Å². The lowest BCUT2D eigenvalue weighted by Gasteiger charge is -1.98. The van der Waals surface area contributed by atoms with Gasteiger partial charge in [0.1, 0.15) is 5.69 Å². The van der Waals surface area contributed by atoms with Crippen molar-refractivity contribution in [2.75, 3.05) is 0 Å². The van der Waals surface area contributed by atoms with Crippen molar-refractivity contribution >= 4 is 16.6 Å². The molecule has 2 heterocycles. The molecule has 0 aliphatic carbocycles. The van der Waals surface area contributed by atoms with Crippen molar-refractivity contribution in [1.82, 2.24) is 15.2 Å². The number of rotatable bonds is 2. The van der Waals surface area contributed by atoms with Crippen molar-refractivity contribution in [2.24, 2.45) is 0 Å². The molecule has 0 bridgehead atoms. The van der Waals surface area contributed by atoms with Crippen LogP contribution < -0.4 is 0 Å². The van der Waals surface area contributed by atoms with Gasteiger partial charge in [-0.1, -0.05) is 6.07 Å². The second-order valence-corrected chi connectivity index (χ2v) is 4.28. The summed E-state index contributed by atoms with van der Waals surface area (Å²) in [5, 5.41) is 18.6. The van der Waals surface area contributed by atoms with Gasteiger partial charge in [0, 0.05) is 23.7 Å². The zero-order chi connectivity index (χ0) is 13.4. The average Bonchev–Trinajstić information content (AvgIpc) is 2.82. The van der Waals surface area contributed by atoms with Crippen molar-refractivity contribution in [1.29, 1.82) is 0 Å². The van der Waals surface area contributed by atoms with Crippen molar-refractivity contribution in [3.8, 4) is 11.4 Å². The number of aryl methyl sites for hydroxylation is 1. The van der Waals surface area contributed by atoms with Gasteiger partial charge in [0.25, 0.3) is 5.69 Å². The number of nitro groups is 1.